The molecule has 0 aliphatic carbocycles. The van der Waals surface area contributed by atoms with Crippen LogP contribution >= 0.6 is 15.9 Å². The second-order valence-electron chi connectivity index (χ2n) is 3.46. The smallest absolute Gasteiger partial charge is 0.0632 e. The van der Waals surface area contributed by atoms with Gasteiger partial charge >= 0.3 is 0 Å². The van der Waals surface area contributed by atoms with Gasteiger partial charge in [0.25, 0.3) is 0 Å². The van der Waals surface area contributed by atoms with Gasteiger partial charge in [-0.15, -0.1) is 0 Å². The maximum atomic E-state index is 4.18. The first kappa shape index (κ1) is 11.3. The number of halogens is 1. The summed E-state index contributed by atoms with van der Waals surface area (Å²) >= 11 is 3.37. The molecule has 0 unspecified atom stereocenters. The van der Waals surface area contributed by atoms with Gasteiger partial charge in [-0.05, 0) is 27.6 Å². The van der Waals surface area contributed by atoms with Crippen LogP contribution in [0.4, 0.5) is 0 Å². The summed E-state index contributed by atoms with van der Waals surface area (Å²) in [6.07, 6.45) is 7.41. The Hall–Kier alpha value is -1.20. The lowest BCUT2D eigenvalue weighted by molar-refractivity contribution is 0.554. The normalized spacial score (nSPS) is 10.6. The lowest BCUT2D eigenvalue weighted by Crippen LogP contribution is -2.19. The zero-order chi connectivity index (χ0) is 11.2. The van der Waals surface area contributed by atoms with Crippen LogP contribution in [0.3, 0.4) is 0 Å². The van der Waals surface area contributed by atoms with E-state index in [1.807, 2.05) is 23.1 Å². The first-order chi connectivity index (χ1) is 7.84. The highest BCUT2D eigenvalue weighted by Gasteiger charge is 1.95. The van der Waals surface area contributed by atoms with Crippen molar-refractivity contribution >= 4 is 15.9 Å². The first-order valence-corrected chi connectivity index (χ1v) is 5.91. The SMILES string of the molecule is Brc1cnn(CCNCc2cccnc2)c1. The van der Waals surface area contributed by atoms with Crippen LogP contribution in [-0.2, 0) is 13.1 Å². The zero-order valence-corrected chi connectivity index (χ0v) is 10.4. The summed E-state index contributed by atoms with van der Waals surface area (Å²) in [5.41, 5.74) is 1.20. The number of rotatable bonds is 5. The second-order valence-corrected chi connectivity index (χ2v) is 4.38. The zero-order valence-electron chi connectivity index (χ0n) is 8.81. The van der Waals surface area contributed by atoms with Gasteiger partial charge < -0.3 is 5.32 Å². The average Bonchev–Trinajstić information content (AvgIpc) is 2.72. The standard InChI is InChI=1S/C11H13BrN4/c12-11-8-15-16(9-11)5-4-14-7-10-2-1-3-13-6-10/h1-3,6,8-9,14H,4-5,7H2. The van der Waals surface area contributed by atoms with Crippen molar-refractivity contribution in [3.05, 3.63) is 47.0 Å². The summed E-state index contributed by atoms with van der Waals surface area (Å²) in [6.45, 7) is 2.60. The van der Waals surface area contributed by atoms with Crippen molar-refractivity contribution < 1.29 is 0 Å². The highest BCUT2D eigenvalue weighted by Crippen LogP contribution is 2.05. The number of nitrogens with zero attached hydrogens (tertiary/aromatic N) is 3. The summed E-state index contributed by atoms with van der Waals surface area (Å²) in [7, 11) is 0. The molecular formula is C11H13BrN4. The maximum Gasteiger partial charge on any atom is 0.0632 e. The van der Waals surface area contributed by atoms with E-state index in [0.29, 0.717) is 0 Å². The molecule has 0 atom stereocenters. The molecule has 2 rings (SSSR count). The van der Waals surface area contributed by atoms with Crippen molar-refractivity contribution in [1.82, 2.24) is 20.1 Å². The minimum atomic E-state index is 0.844. The Labute approximate surface area is 103 Å². The summed E-state index contributed by atoms with van der Waals surface area (Å²) < 4.78 is 2.92. The fraction of sp³-hybridized carbons (Fsp3) is 0.273. The van der Waals surface area contributed by atoms with E-state index >= 15 is 0 Å². The van der Waals surface area contributed by atoms with Crippen LogP contribution in [0.5, 0.6) is 0 Å². The number of aromatic nitrogens is 3. The molecule has 0 bridgehead atoms. The minimum Gasteiger partial charge on any atom is -0.311 e. The highest BCUT2D eigenvalue weighted by atomic mass is 79.9. The van der Waals surface area contributed by atoms with Crippen molar-refractivity contribution in [2.45, 2.75) is 13.1 Å². The quantitative estimate of drug-likeness (QED) is 0.850. The number of hydrogen-bond donors (Lipinski definition) is 1. The van der Waals surface area contributed by atoms with Crippen LogP contribution in [0.1, 0.15) is 5.56 Å². The fourth-order valence-electron chi connectivity index (χ4n) is 1.39. The van der Waals surface area contributed by atoms with Gasteiger partial charge in [0.05, 0.1) is 17.2 Å². The Bertz CT molecular complexity index is 427. The van der Waals surface area contributed by atoms with Gasteiger partial charge in [0, 0.05) is 31.7 Å². The lowest BCUT2D eigenvalue weighted by Gasteiger charge is -2.04. The van der Waals surface area contributed by atoms with E-state index in [-0.39, 0.29) is 0 Å². The van der Waals surface area contributed by atoms with Crippen LogP contribution in [0.25, 0.3) is 0 Å². The molecule has 1 N–H and O–H groups in total. The summed E-state index contributed by atoms with van der Waals surface area (Å²) in [5, 5.41) is 7.52. The Morgan fingerprint density at radius 1 is 1.38 bits per heavy atom. The Morgan fingerprint density at radius 2 is 2.31 bits per heavy atom. The predicted octanol–water partition coefficient (Wildman–Crippen LogP) is 1.83. The third-order valence-corrected chi connectivity index (χ3v) is 2.58. The lowest BCUT2D eigenvalue weighted by atomic mass is 10.3. The topological polar surface area (TPSA) is 42.7 Å². The molecule has 0 radical (unpaired) electrons. The molecule has 0 aromatic carbocycles. The molecule has 0 fully saturated rings. The van der Waals surface area contributed by atoms with Crippen molar-refractivity contribution in [2.24, 2.45) is 0 Å². The molecule has 0 saturated carbocycles. The summed E-state index contributed by atoms with van der Waals surface area (Å²) in [5.74, 6) is 0. The van der Waals surface area contributed by atoms with Crippen LogP contribution in [0.15, 0.2) is 41.4 Å². The molecular weight excluding hydrogens is 268 g/mol. The van der Waals surface area contributed by atoms with E-state index in [4.69, 9.17) is 0 Å². The van der Waals surface area contributed by atoms with Gasteiger partial charge in [0.2, 0.25) is 0 Å². The largest absolute Gasteiger partial charge is 0.311 e. The van der Waals surface area contributed by atoms with Crippen LogP contribution in [0.2, 0.25) is 0 Å². The highest BCUT2D eigenvalue weighted by molar-refractivity contribution is 9.10. The number of hydrogen-bond acceptors (Lipinski definition) is 3. The maximum absolute atomic E-state index is 4.18. The van der Waals surface area contributed by atoms with Crippen molar-refractivity contribution in [3.8, 4) is 0 Å². The van der Waals surface area contributed by atoms with Crippen molar-refractivity contribution in [2.75, 3.05) is 6.54 Å². The summed E-state index contributed by atoms with van der Waals surface area (Å²) in [6, 6.07) is 4.01. The van der Waals surface area contributed by atoms with Gasteiger partial charge in [0.1, 0.15) is 0 Å². The molecule has 0 amide bonds. The molecule has 84 valence electrons. The monoisotopic (exact) mass is 280 g/mol. The number of pyridine rings is 1. The van der Waals surface area contributed by atoms with Gasteiger partial charge in [-0.1, -0.05) is 6.07 Å². The molecule has 5 heteroatoms. The molecule has 16 heavy (non-hydrogen) atoms. The van der Waals surface area contributed by atoms with E-state index in [1.54, 1.807) is 12.4 Å². The molecule has 2 heterocycles. The Morgan fingerprint density at radius 3 is 3.00 bits per heavy atom. The molecule has 0 spiro atoms. The molecule has 2 aromatic heterocycles. The van der Waals surface area contributed by atoms with E-state index in [0.717, 1.165) is 24.1 Å². The number of nitrogens with one attached hydrogen (secondary N) is 1. The third-order valence-electron chi connectivity index (χ3n) is 2.17. The Kier molecular flexibility index (Phi) is 4.07. The molecule has 2 aromatic rings. The van der Waals surface area contributed by atoms with Crippen LogP contribution < -0.4 is 5.32 Å². The average molecular weight is 281 g/mol. The molecule has 0 aliphatic rings. The van der Waals surface area contributed by atoms with Crippen LogP contribution in [0, 0.1) is 0 Å². The van der Waals surface area contributed by atoms with E-state index in [1.165, 1.54) is 5.56 Å². The van der Waals surface area contributed by atoms with E-state index in [9.17, 15) is 0 Å². The minimum absolute atomic E-state index is 0.844. The van der Waals surface area contributed by atoms with Gasteiger partial charge in [0.15, 0.2) is 0 Å². The van der Waals surface area contributed by atoms with Gasteiger partial charge in [-0.3, -0.25) is 9.67 Å². The molecule has 0 saturated heterocycles. The van der Waals surface area contributed by atoms with E-state index in [2.05, 4.69) is 37.4 Å². The third kappa shape index (κ3) is 3.43. The van der Waals surface area contributed by atoms with Crippen molar-refractivity contribution in [1.29, 1.82) is 0 Å². The second kappa shape index (κ2) is 5.77. The van der Waals surface area contributed by atoms with Gasteiger partial charge in [-0.2, -0.15) is 5.10 Å². The molecule has 0 aliphatic heterocycles. The van der Waals surface area contributed by atoms with Crippen molar-refractivity contribution in [3.63, 3.8) is 0 Å². The predicted molar refractivity (Wildman–Crippen MR) is 65.9 cm³/mol. The summed E-state index contributed by atoms with van der Waals surface area (Å²) in [4.78, 5) is 4.06. The van der Waals surface area contributed by atoms with Gasteiger partial charge in [-0.25, -0.2) is 0 Å². The Balaban J connectivity index is 1.69. The first-order valence-electron chi connectivity index (χ1n) is 5.12. The fourth-order valence-corrected chi connectivity index (χ4v) is 1.72. The molecule has 4 nitrogen and oxygen atoms in total. The van der Waals surface area contributed by atoms with E-state index < -0.39 is 0 Å². The van der Waals surface area contributed by atoms with Crippen LogP contribution in [-0.4, -0.2) is 21.3 Å².